The van der Waals surface area contributed by atoms with E-state index in [1.807, 2.05) is 0 Å². The van der Waals surface area contributed by atoms with Gasteiger partial charge in [0.05, 0.1) is 6.61 Å². The molecule has 1 aromatic heterocycles. The normalized spacial score (nSPS) is 17.1. The lowest BCUT2D eigenvalue weighted by Crippen LogP contribution is -2.05. The van der Waals surface area contributed by atoms with Crippen molar-refractivity contribution in [3.63, 3.8) is 0 Å². The maximum Gasteiger partial charge on any atom is 0.184 e. The van der Waals surface area contributed by atoms with E-state index in [1.165, 1.54) is 6.07 Å². The summed E-state index contributed by atoms with van der Waals surface area (Å²) in [6.07, 6.45) is 2.16. The molecule has 0 N–H and O–H groups in total. The van der Waals surface area contributed by atoms with Crippen LogP contribution in [0.25, 0.3) is 0 Å². The quantitative estimate of drug-likeness (QED) is 0.679. The van der Waals surface area contributed by atoms with E-state index in [9.17, 15) is 13.6 Å². The third-order valence-electron chi connectivity index (χ3n) is 4.16. The molecule has 1 aliphatic rings. The van der Waals surface area contributed by atoms with Crippen molar-refractivity contribution < 1.29 is 27.6 Å². The lowest BCUT2D eigenvalue weighted by atomic mass is 10.00. The molecule has 0 bridgehead atoms. The van der Waals surface area contributed by atoms with Crippen LogP contribution in [0.15, 0.2) is 28.8 Å². The Bertz CT molecular complexity index is 726. The average Bonchev–Trinajstić information content (AvgIpc) is 3.27. The van der Waals surface area contributed by atoms with Gasteiger partial charge in [0, 0.05) is 31.3 Å². The third-order valence-corrected chi connectivity index (χ3v) is 4.16. The standard InChI is InChI=1S/C18H19F2NO4/c19-14-2-3-16(20)13(7-14)10-24-11-15-8-17(21-25-15)18(22)4-1-12-5-6-23-9-12/h2-3,7-8,12H,1,4-6,9-11H2. The highest BCUT2D eigenvalue weighted by atomic mass is 19.1. The SMILES string of the molecule is O=C(CCC1CCOC1)c1cc(COCc2cc(F)ccc2F)on1. The van der Waals surface area contributed by atoms with E-state index in [-0.39, 0.29) is 30.3 Å². The van der Waals surface area contributed by atoms with Crippen molar-refractivity contribution in [1.82, 2.24) is 5.16 Å². The number of benzene rings is 1. The van der Waals surface area contributed by atoms with Crippen LogP contribution in [0.5, 0.6) is 0 Å². The Morgan fingerprint density at radius 3 is 2.96 bits per heavy atom. The van der Waals surface area contributed by atoms with Crippen molar-refractivity contribution in [3.05, 3.63) is 52.9 Å². The molecule has 3 rings (SSSR count). The Labute approximate surface area is 143 Å². The minimum atomic E-state index is -0.536. The molecule has 1 fully saturated rings. The van der Waals surface area contributed by atoms with Gasteiger partial charge in [-0.2, -0.15) is 0 Å². The molecule has 1 unspecified atom stereocenters. The van der Waals surface area contributed by atoms with E-state index < -0.39 is 11.6 Å². The molecular formula is C18H19F2NO4. The highest BCUT2D eigenvalue weighted by molar-refractivity contribution is 5.94. The summed E-state index contributed by atoms with van der Waals surface area (Å²) in [5, 5.41) is 3.75. The topological polar surface area (TPSA) is 61.6 Å². The van der Waals surface area contributed by atoms with E-state index in [0.717, 1.165) is 37.6 Å². The Kier molecular flexibility index (Phi) is 5.88. The number of aromatic nitrogens is 1. The summed E-state index contributed by atoms with van der Waals surface area (Å²) in [5.74, 6) is -0.354. The predicted octanol–water partition coefficient (Wildman–Crippen LogP) is 3.67. The minimum absolute atomic E-state index is 0.0205. The molecule has 1 atom stereocenters. The zero-order valence-electron chi connectivity index (χ0n) is 13.7. The summed E-state index contributed by atoms with van der Waals surface area (Å²) in [4.78, 5) is 12.1. The third kappa shape index (κ3) is 4.93. The average molecular weight is 351 g/mol. The van der Waals surface area contributed by atoms with E-state index in [0.29, 0.717) is 24.7 Å². The summed E-state index contributed by atoms with van der Waals surface area (Å²) in [6, 6.07) is 4.70. The lowest BCUT2D eigenvalue weighted by Gasteiger charge is -2.04. The van der Waals surface area contributed by atoms with Gasteiger partial charge in [-0.3, -0.25) is 4.79 Å². The Hall–Kier alpha value is -2.12. The molecule has 1 saturated heterocycles. The van der Waals surface area contributed by atoms with E-state index in [1.54, 1.807) is 0 Å². The molecule has 1 aromatic carbocycles. The van der Waals surface area contributed by atoms with E-state index >= 15 is 0 Å². The number of ketones is 1. The van der Waals surface area contributed by atoms with Crippen LogP contribution in [0.2, 0.25) is 0 Å². The summed E-state index contributed by atoms with van der Waals surface area (Å²) >= 11 is 0. The maximum absolute atomic E-state index is 13.5. The van der Waals surface area contributed by atoms with Gasteiger partial charge >= 0.3 is 0 Å². The van der Waals surface area contributed by atoms with Gasteiger partial charge < -0.3 is 14.0 Å². The van der Waals surface area contributed by atoms with Gasteiger partial charge in [-0.05, 0) is 37.0 Å². The number of carbonyl (C=O) groups excluding carboxylic acids is 1. The number of nitrogens with zero attached hydrogens (tertiary/aromatic N) is 1. The molecule has 25 heavy (non-hydrogen) atoms. The van der Waals surface area contributed by atoms with Crippen LogP contribution in [-0.2, 0) is 22.7 Å². The van der Waals surface area contributed by atoms with Crippen molar-refractivity contribution in [2.75, 3.05) is 13.2 Å². The first-order chi connectivity index (χ1) is 12.1. The van der Waals surface area contributed by atoms with Gasteiger partial charge in [0.2, 0.25) is 0 Å². The van der Waals surface area contributed by atoms with Crippen LogP contribution in [-0.4, -0.2) is 24.2 Å². The first-order valence-corrected chi connectivity index (χ1v) is 8.20. The second kappa shape index (κ2) is 8.31. The predicted molar refractivity (Wildman–Crippen MR) is 83.8 cm³/mol. The van der Waals surface area contributed by atoms with Gasteiger partial charge in [-0.25, -0.2) is 8.78 Å². The molecular weight excluding hydrogens is 332 g/mol. The second-order valence-corrected chi connectivity index (χ2v) is 6.10. The van der Waals surface area contributed by atoms with Crippen molar-refractivity contribution in [2.45, 2.75) is 32.5 Å². The molecule has 134 valence electrons. The van der Waals surface area contributed by atoms with E-state index in [2.05, 4.69) is 5.16 Å². The Morgan fingerprint density at radius 1 is 1.28 bits per heavy atom. The van der Waals surface area contributed by atoms with Crippen molar-refractivity contribution in [2.24, 2.45) is 5.92 Å². The number of rotatable bonds is 8. The Morgan fingerprint density at radius 2 is 2.16 bits per heavy atom. The molecule has 0 spiro atoms. The minimum Gasteiger partial charge on any atom is -0.381 e. The molecule has 7 heteroatoms. The molecule has 2 heterocycles. The monoisotopic (exact) mass is 351 g/mol. The van der Waals surface area contributed by atoms with Crippen molar-refractivity contribution >= 4 is 5.78 Å². The van der Waals surface area contributed by atoms with Crippen molar-refractivity contribution in [3.8, 4) is 0 Å². The van der Waals surface area contributed by atoms with Gasteiger partial charge in [0.1, 0.15) is 23.9 Å². The highest BCUT2D eigenvalue weighted by Gasteiger charge is 2.19. The number of carbonyl (C=O) groups is 1. The van der Waals surface area contributed by atoms with Gasteiger partial charge in [-0.1, -0.05) is 5.16 Å². The number of halogens is 2. The van der Waals surface area contributed by atoms with Crippen LogP contribution in [0.4, 0.5) is 8.78 Å². The number of hydrogen-bond donors (Lipinski definition) is 0. The van der Waals surface area contributed by atoms with Crippen LogP contribution < -0.4 is 0 Å². The number of ether oxygens (including phenoxy) is 2. The van der Waals surface area contributed by atoms with Crippen LogP contribution >= 0.6 is 0 Å². The second-order valence-electron chi connectivity index (χ2n) is 6.10. The fourth-order valence-corrected chi connectivity index (χ4v) is 2.70. The largest absolute Gasteiger partial charge is 0.381 e. The molecule has 0 aliphatic carbocycles. The highest BCUT2D eigenvalue weighted by Crippen LogP contribution is 2.20. The fraction of sp³-hybridized carbons (Fsp3) is 0.444. The van der Waals surface area contributed by atoms with Gasteiger partial charge in [0.25, 0.3) is 0 Å². The first-order valence-electron chi connectivity index (χ1n) is 8.20. The number of hydrogen-bond acceptors (Lipinski definition) is 5. The lowest BCUT2D eigenvalue weighted by molar-refractivity contribution is 0.0858. The van der Waals surface area contributed by atoms with E-state index in [4.69, 9.17) is 14.0 Å². The van der Waals surface area contributed by atoms with Crippen LogP contribution in [0.3, 0.4) is 0 Å². The zero-order valence-corrected chi connectivity index (χ0v) is 13.7. The summed E-state index contributed by atoms with van der Waals surface area (Å²) in [6.45, 7) is 1.39. The first kappa shape index (κ1) is 17.7. The zero-order chi connectivity index (χ0) is 17.6. The molecule has 0 saturated carbocycles. The number of Topliss-reactive ketones (excluding diaryl/α,β-unsaturated/α-hetero) is 1. The Balaban J connectivity index is 1.46. The molecule has 5 nitrogen and oxygen atoms in total. The summed E-state index contributed by atoms with van der Waals surface area (Å²) < 4.78 is 42.2. The molecule has 1 aliphatic heterocycles. The summed E-state index contributed by atoms with van der Waals surface area (Å²) in [7, 11) is 0. The molecule has 0 amide bonds. The summed E-state index contributed by atoms with van der Waals surface area (Å²) in [5.41, 5.74) is 0.379. The molecule has 0 radical (unpaired) electrons. The fourth-order valence-electron chi connectivity index (χ4n) is 2.70. The van der Waals surface area contributed by atoms with Gasteiger partial charge in [-0.15, -0.1) is 0 Å². The maximum atomic E-state index is 13.5. The van der Waals surface area contributed by atoms with Crippen molar-refractivity contribution in [1.29, 1.82) is 0 Å². The smallest absolute Gasteiger partial charge is 0.184 e. The van der Waals surface area contributed by atoms with Crippen LogP contribution in [0.1, 0.15) is 41.1 Å². The molecule has 2 aromatic rings. The van der Waals surface area contributed by atoms with Gasteiger partial charge in [0.15, 0.2) is 11.5 Å². The van der Waals surface area contributed by atoms with Crippen LogP contribution in [0, 0.1) is 17.6 Å².